The van der Waals surface area contributed by atoms with E-state index in [-0.39, 0.29) is 11.8 Å². The van der Waals surface area contributed by atoms with Crippen LogP contribution in [-0.4, -0.2) is 65.7 Å². The molecule has 2 aromatic rings. The van der Waals surface area contributed by atoms with Gasteiger partial charge in [0.25, 0.3) is 5.91 Å². The topological polar surface area (TPSA) is 74.8 Å². The summed E-state index contributed by atoms with van der Waals surface area (Å²) in [5, 5.41) is 2.90. The number of hydrogen-bond donors (Lipinski definition) is 1. The van der Waals surface area contributed by atoms with E-state index in [2.05, 4.69) is 15.2 Å². The molecule has 2 aliphatic heterocycles. The number of benzene rings is 1. The molecule has 146 valence electrons. The van der Waals surface area contributed by atoms with Crippen molar-refractivity contribution in [2.45, 2.75) is 6.04 Å². The number of nitrogens with zero attached hydrogens (tertiary/aromatic N) is 3. The largest absolute Gasteiger partial charge is 0.378 e. The van der Waals surface area contributed by atoms with Gasteiger partial charge in [-0.15, -0.1) is 11.8 Å². The molecule has 8 heteroatoms. The van der Waals surface area contributed by atoms with Crippen LogP contribution in [0.1, 0.15) is 10.4 Å². The number of pyridine rings is 1. The van der Waals surface area contributed by atoms with Gasteiger partial charge in [-0.1, -0.05) is 18.2 Å². The zero-order chi connectivity index (χ0) is 19.3. The fourth-order valence-electron chi connectivity index (χ4n) is 3.27. The highest BCUT2D eigenvalue weighted by molar-refractivity contribution is 7.99. The molecule has 2 saturated heterocycles. The van der Waals surface area contributed by atoms with E-state index in [1.54, 1.807) is 35.0 Å². The molecule has 2 aliphatic rings. The van der Waals surface area contributed by atoms with Crippen LogP contribution in [0.5, 0.6) is 0 Å². The van der Waals surface area contributed by atoms with Crippen molar-refractivity contribution in [3.8, 4) is 0 Å². The highest BCUT2D eigenvalue weighted by Gasteiger charge is 2.35. The summed E-state index contributed by atoms with van der Waals surface area (Å²) in [7, 11) is 0. The van der Waals surface area contributed by atoms with Crippen LogP contribution < -0.4 is 10.2 Å². The minimum Gasteiger partial charge on any atom is -0.378 e. The van der Waals surface area contributed by atoms with Gasteiger partial charge < -0.3 is 19.9 Å². The number of nitrogens with one attached hydrogen (secondary N) is 1. The molecular formula is C20H22N4O3S. The second kappa shape index (κ2) is 8.62. The number of carbonyl (C=O) groups is 2. The van der Waals surface area contributed by atoms with E-state index >= 15 is 0 Å². The van der Waals surface area contributed by atoms with E-state index in [1.807, 2.05) is 30.3 Å². The van der Waals surface area contributed by atoms with Gasteiger partial charge >= 0.3 is 0 Å². The molecule has 4 rings (SSSR count). The fraction of sp³-hybridized carbons (Fsp3) is 0.350. The van der Waals surface area contributed by atoms with Crippen molar-refractivity contribution in [3.05, 3.63) is 54.2 Å². The van der Waals surface area contributed by atoms with Crippen LogP contribution in [0, 0.1) is 0 Å². The lowest BCUT2D eigenvalue weighted by molar-refractivity contribution is -0.119. The molecule has 7 nitrogen and oxygen atoms in total. The van der Waals surface area contributed by atoms with E-state index in [1.165, 1.54) is 0 Å². The molecule has 0 unspecified atom stereocenters. The second-order valence-corrected chi connectivity index (χ2v) is 7.65. The molecule has 1 atom stereocenters. The third-order valence-corrected chi connectivity index (χ3v) is 5.83. The molecular weight excluding hydrogens is 376 g/mol. The van der Waals surface area contributed by atoms with E-state index in [0.29, 0.717) is 36.1 Å². The van der Waals surface area contributed by atoms with Crippen molar-refractivity contribution in [2.24, 2.45) is 0 Å². The summed E-state index contributed by atoms with van der Waals surface area (Å²) in [5.41, 5.74) is 1.23. The van der Waals surface area contributed by atoms with Crippen molar-refractivity contribution in [3.63, 3.8) is 0 Å². The Morgan fingerprint density at radius 3 is 2.61 bits per heavy atom. The first-order valence-corrected chi connectivity index (χ1v) is 10.4. The number of ether oxygens (including phenoxy) is 1. The molecule has 1 aromatic carbocycles. The van der Waals surface area contributed by atoms with Gasteiger partial charge in [-0.3, -0.25) is 9.59 Å². The van der Waals surface area contributed by atoms with Crippen molar-refractivity contribution in [1.29, 1.82) is 0 Å². The maximum Gasteiger partial charge on any atom is 0.255 e. The number of morpholine rings is 1. The summed E-state index contributed by atoms with van der Waals surface area (Å²) in [6.45, 7) is 3.03. The molecule has 0 saturated carbocycles. The van der Waals surface area contributed by atoms with Crippen molar-refractivity contribution in [2.75, 3.05) is 48.1 Å². The lowest BCUT2D eigenvalue weighted by Crippen LogP contribution is -2.44. The molecule has 0 spiro atoms. The third kappa shape index (κ3) is 4.13. The first kappa shape index (κ1) is 18.8. The molecule has 0 radical (unpaired) electrons. The average Bonchev–Trinajstić information content (AvgIpc) is 3.25. The number of hydrogen-bond acceptors (Lipinski definition) is 6. The van der Waals surface area contributed by atoms with E-state index < -0.39 is 6.04 Å². The van der Waals surface area contributed by atoms with Gasteiger partial charge in [0.05, 0.1) is 31.0 Å². The van der Waals surface area contributed by atoms with E-state index in [0.717, 1.165) is 18.9 Å². The molecule has 2 amide bonds. The summed E-state index contributed by atoms with van der Waals surface area (Å²) in [4.78, 5) is 33.8. The quantitative estimate of drug-likeness (QED) is 0.850. The molecule has 2 fully saturated rings. The lowest BCUT2D eigenvalue weighted by atomic mass is 10.1. The van der Waals surface area contributed by atoms with Crippen LogP contribution in [0.3, 0.4) is 0 Å². The van der Waals surface area contributed by atoms with Gasteiger partial charge in [0.15, 0.2) is 0 Å². The van der Waals surface area contributed by atoms with Gasteiger partial charge in [0.1, 0.15) is 11.9 Å². The summed E-state index contributed by atoms with van der Waals surface area (Å²) in [6, 6.07) is 12.3. The lowest BCUT2D eigenvalue weighted by Gasteiger charge is -2.28. The van der Waals surface area contributed by atoms with Crippen molar-refractivity contribution >= 4 is 35.1 Å². The first-order chi connectivity index (χ1) is 13.7. The third-order valence-electron chi connectivity index (χ3n) is 4.82. The van der Waals surface area contributed by atoms with Crippen LogP contribution in [0.2, 0.25) is 0 Å². The second-order valence-electron chi connectivity index (χ2n) is 6.65. The van der Waals surface area contributed by atoms with Gasteiger partial charge in [0.2, 0.25) is 5.91 Å². The first-order valence-electron chi connectivity index (χ1n) is 9.26. The van der Waals surface area contributed by atoms with Crippen LogP contribution >= 0.6 is 11.8 Å². The highest BCUT2D eigenvalue weighted by Crippen LogP contribution is 2.24. The maximum atomic E-state index is 12.8. The fourth-order valence-corrected chi connectivity index (χ4v) is 4.43. The van der Waals surface area contributed by atoms with Gasteiger partial charge in [-0.05, 0) is 24.3 Å². The standard InChI is InChI=1S/C20H22N4O3S/c25-19(17-13-28-14-24(17)20(26)15-4-2-1-3-5-15)22-16-6-7-18(21-12-16)23-8-10-27-11-9-23/h1-7,12,17H,8-11,13-14H2,(H,22,25)/t17-/m0/s1. The summed E-state index contributed by atoms with van der Waals surface area (Å²) in [6.07, 6.45) is 1.66. The molecule has 28 heavy (non-hydrogen) atoms. The highest BCUT2D eigenvalue weighted by atomic mass is 32.2. The maximum absolute atomic E-state index is 12.8. The summed E-state index contributed by atoms with van der Waals surface area (Å²) < 4.78 is 5.36. The van der Waals surface area contributed by atoms with Crippen molar-refractivity contribution < 1.29 is 14.3 Å². The molecule has 1 aromatic heterocycles. The predicted molar refractivity (Wildman–Crippen MR) is 110 cm³/mol. The number of anilines is 2. The number of aromatic nitrogens is 1. The van der Waals surface area contributed by atoms with E-state index in [4.69, 9.17) is 4.74 Å². The number of thioether (sulfide) groups is 1. The minimum atomic E-state index is -0.489. The Bertz CT molecular complexity index is 825. The normalized spacial score (nSPS) is 19.5. The zero-order valence-corrected chi connectivity index (χ0v) is 16.2. The Hall–Kier alpha value is -2.58. The van der Waals surface area contributed by atoms with E-state index in [9.17, 15) is 9.59 Å². The smallest absolute Gasteiger partial charge is 0.255 e. The predicted octanol–water partition coefficient (Wildman–Crippen LogP) is 2.07. The Balaban J connectivity index is 1.40. The Labute approximate surface area is 168 Å². The Kier molecular flexibility index (Phi) is 5.78. The molecule has 1 N–H and O–H groups in total. The number of carbonyl (C=O) groups excluding carboxylic acids is 2. The van der Waals surface area contributed by atoms with Crippen LogP contribution in [0.15, 0.2) is 48.7 Å². The zero-order valence-electron chi connectivity index (χ0n) is 15.4. The molecule has 0 aliphatic carbocycles. The monoisotopic (exact) mass is 398 g/mol. The number of rotatable bonds is 4. The summed E-state index contributed by atoms with van der Waals surface area (Å²) in [5.74, 6) is 1.67. The van der Waals surface area contributed by atoms with Gasteiger partial charge in [-0.25, -0.2) is 4.98 Å². The van der Waals surface area contributed by atoms with Crippen LogP contribution in [-0.2, 0) is 9.53 Å². The SMILES string of the molecule is O=C(Nc1ccc(N2CCOCC2)nc1)[C@@H]1CSCN1C(=O)c1ccccc1. The molecule has 3 heterocycles. The summed E-state index contributed by atoms with van der Waals surface area (Å²) >= 11 is 1.58. The minimum absolute atomic E-state index is 0.119. The van der Waals surface area contributed by atoms with Crippen LogP contribution in [0.4, 0.5) is 11.5 Å². The van der Waals surface area contributed by atoms with Crippen molar-refractivity contribution in [1.82, 2.24) is 9.88 Å². The molecule has 0 bridgehead atoms. The average molecular weight is 398 g/mol. The Morgan fingerprint density at radius 1 is 1.11 bits per heavy atom. The number of amides is 2. The van der Waals surface area contributed by atoms with Crippen LogP contribution in [0.25, 0.3) is 0 Å². The van der Waals surface area contributed by atoms with Gasteiger partial charge in [-0.2, -0.15) is 0 Å². The Morgan fingerprint density at radius 2 is 1.89 bits per heavy atom. The van der Waals surface area contributed by atoms with Gasteiger partial charge in [0, 0.05) is 24.4 Å².